The summed E-state index contributed by atoms with van der Waals surface area (Å²) in [6.07, 6.45) is 4.59. The van der Waals surface area contributed by atoms with Crippen LogP contribution in [0.15, 0.2) is 18.7 Å². The largest absolute Gasteiger partial charge is 0.506 e. The van der Waals surface area contributed by atoms with Crippen molar-refractivity contribution in [3.05, 3.63) is 41.2 Å². The number of imidazole rings is 1. The molecule has 7 N–H and O–H groups in total. The van der Waals surface area contributed by atoms with E-state index in [0.717, 1.165) is 0 Å². The molecule has 1 atom stereocenters. The van der Waals surface area contributed by atoms with Gasteiger partial charge in [0.15, 0.2) is 0 Å². The Bertz CT molecular complexity index is 897. The summed E-state index contributed by atoms with van der Waals surface area (Å²) in [5.41, 5.74) is 1.48. The molecule has 2 heterocycles. The lowest BCUT2D eigenvalue weighted by atomic mass is 10.1. The van der Waals surface area contributed by atoms with Gasteiger partial charge >= 0.3 is 15.6 Å². The van der Waals surface area contributed by atoms with E-state index in [0.29, 0.717) is 11.4 Å². The van der Waals surface area contributed by atoms with Crippen molar-refractivity contribution >= 4 is 15.6 Å². The topological polar surface area (TPSA) is 207 Å². The maximum atomic E-state index is 11.0. The summed E-state index contributed by atoms with van der Waals surface area (Å²) in [7, 11) is -9.42. The molecule has 1 unspecified atom stereocenters. The smallest absolute Gasteiger partial charge is 0.469 e. The molecule has 13 nitrogen and oxygen atoms in total. The zero-order chi connectivity index (χ0) is 21.7. The highest BCUT2D eigenvalue weighted by Gasteiger charge is 2.22. The second kappa shape index (κ2) is 9.90. The standard InChI is InChI=1S/C14H22N4O9P2/c1-9-14(19)13(10(3-16-9)6-26-28(20,21)22)5-17-12(7-27-29(23,24)25)2-11-4-15-8-18-11/h3-4,8,12,17,19H,2,5-7H2,1H3,(H,15,18)(H2,20,21,22)(H2,23,24,25). The van der Waals surface area contributed by atoms with Crippen molar-refractivity contribution in [2.24, 2.45) is 0 Å². The number of phosphoric acid groups is 2. The van der Waals surface area contributed by atoms with Gasteiger partial charge in [-0.2, -0.15) is 0 Å². The molecule has 0 fully saturated rings. The number of aromatic hydroxyl groups is 1. The summed E-state index contributed by atoms with van der Waals surface area (Å²) < 4.78 is 31.0. The number of hydrogen-bond donors (Lipinski definition) is 7. The van der Waals surface area contributed by atoms with Crippen LogP contribution in [0.3, 0.4) is 0 Å². The molecular weight excluding hydrogens is 430 g/mol. The van der Waals surface area contributed by atoms with E-state index in [1.54, 1.807) is 13.1 Å². The van der Waals surface area contributed by atoms with Gasteiger partial charge in [-0.25, -0.2) is 14.1 Å². The highest BCUT2D eigenvalue weighted by molar-refractivity contribution is 7.46. The van der Waals surface area contributed by atoms with Gasteiger partial charge in [0.1, 0.15) is 5.75 Å². The van der Waals surface area contributed by atoms with Crippen molar-refractivity contribution in [1.82, 2.24) is 20.3 Å². The first kappa shape index (κ1) is 23.6. The molecule has 0 aliphatic heterocycles. The van der Waals surface area contributed by atoms with Crippen LogP contribution in [-0.2, 0) is 37.8 Å². The maximum Gasteiger partial charge on any atom is 0.469 e. The Morgan fingerprint density at radius 1 is 1.17 bits per heavy atom. The summed E-state index contributed by atoms with van der Waals surface area (Å²) in [6.45, 7) is 0.693. The molecule has 162 valence electrons. The van der Waals surface area contributed by atoms with E-state index in [9.17, 15) is 14.2 Å². The Hall–Kier alpha value is -1.66. The number of aromatic amines is 1. The van der Waals surface area contributed by atoms with Crippen LogP contribution in [0.5, 0.6) is 5.75 Å². The molecule has 0 spiro atoms. The van der Waals surface area contributed by atoms with E-state index in [1.807, 2.05) is 0 Å². The molecule has 0 aliphatic rings. The lowest BCUT2D eigenvalue weighted by Gasteiger charge is -2.20. The van der Waals surface area contributed by atoms with Crippen LogP contribution < -0.4 is 5.32 Å². The van der Waals surface area contributed by atoms with E-state index in [4.69, 9.17) is 19.6 Å². The molecule has 0 aromatic carbocycles. The Labute approximate surface area is 165 Å². The lowest BCUT2D eigenvalue weighted by Crippen LogP contribution is -2.35. The third kappa shape index (κ3) is 8.31. The molecule has 0 saturated carbocycles. The third-order valence-corrected chi connectivity index (χ3v) is 4.80. The summed E-state index contributed by atoms with van der Waals surface area (Å²) >= 11 is 0. The number of rotatable bonds is 11. The summed E-state index contributed by atoms with van der Waals surface area (Å²) in [4.78, 5) is 46.4. The number of H-pyrrole nitrogens is 1. The average Bonchev–Trinajstić information content (AvgIpc) is 3.11. The Morgan fingerprint density at radius 2 is 1.86 bits per heavy atom. The van der Waals surface area contributed by atoms with Gasteiger partial charge in [-0.05, 0) is 6.92 Å². The molecule has 15 heteroatoms. The fourth-order valence-corrected chi connectivity index (χ4v) is 3.13. The molecule has 0 radical (unpaired) electrons. The second-order valence-corrected chi connectivity index (χ2v) is 8.58. The minimum absolute atomic E-state index is 0.0155. The predicted octanol–water partition coefficient (Wildman–Crippen LogP) is 0.238. The molecule has 0 bridgehead atoms. The molecule has 2 rings (SSSR count). The van der Waals surface area contributed by atoms with Crippen molar-refractivity contribution in [2.45, 2.75) is 32.5 Å². The summed E-state index contributed by atoms with van der Waals surface area (Å²) in [5.74, 6) is -0.194. The van der Waals surface area contributed by atoms with Crippen molar-refractivity contribution < 1.29 is 42.9 Å². The highest BCUT2D eigenvalue weighted by Crippen LogP contribution is 2.38. The van der Waals surface area contributed by atoms with Crippen LogP contribution in [0.2, 0.25) is 0 Å². The average molecular weight is 452 g/mol. The van der Waals surface area contributed by atoms with Crippen molar-refractivity contribution in [3.63, 3.8) is 0 Å². The summed E-state index contributed by atoms with van der Waals surface area (Å²) in [5, 5.41) is 13.3. The van der Waals surface area contributed by atoms with Gasteiger partial charge in [-0.15, -0.1) is 0 Å². The number of nitrogens with zero attached hydrogens (tertiary/aromatic N) is 2. The van der Waals surface area contributed by atoms with Crippen LogP contribution in [-0.4, -0.2) is 52.3 Å². The monoisotopic (exact) mass is 452 g/mol. The van der Waals surface area contributed by atoms with Crippen LogP contribution >= 0.6 is 15.6 Å². The van der Waals surface area contributed by atoms with Crippen LogP contribution in [0.25, 0.3) is 0 Å². The zero-order valence-corrected chi connectivity index (χ0v) is 17.1. The predicted molar refractivity (Wildman–Crippen MR) is 98.4 cm³/mol. The van der Waals surface area contributed by atoms with Gasteiger partial charge in [0.2, 0.25) is 0 Å². The Morgan fingerprint density at radius 3 is 2.45 bits per heavy atom. The van der Waals surface area contributed by atoms with E-state index in [1.165, 1.54) is 12.5 Å². The van der Waals surface area contributed by atoms with Crippen LogP contribution in [0.1, 0.15) is 22.5 Å². The third-order valence-electron chi connectivity index (χ3n) is 3.85. The lowest BCUT2D eigenvalue weighted by molar-refractivity contribution is 0.175. The number of nitrogens with one attached hydrogen (secondary N) is 2. The van der Waals surface area contributed by atoms with E-state index >= 15 is 0 Å². The van der Waals surface area contributed by atoms with Gasteiger partial charge in [-0.1, -0.05) is 0 Å². The SMILES string of the molecule is Cc1ncc(COP(=O)(O)O)c(CNC(COP(=O)(O)O)Cc2cnc[nH]2)c1O. The first-order valence-electron chi connectivity index (χ1n) is 8.21. The number of hydrogen-bond acceptors (Lipinski definition) is 8. The van der Waals surface area contributed by atoms with Gasteiger partial charge in [0.25, 0.3) is 0 Å². The van der Waals surface area contributed by atoms with E-state index in [2.05, 4.69) is 29.3 Å². The van der Waals surface area contributed by atoms with E-state index < -0.39 is 28.3 Å². The number of aromatic nitrogens is 3. The first-order valence-corrected chi connectivity index (χ1v) is 11.3. The van der Waals surface area contributed by atoms with Gasteiger partial charge in [0, 0.05) is 48.2 Å². The van der Waals surface area contributed by atoms with Crippen molar-refractivity contribution in [1.29, 1.82) is 0 Å². The van der Waals surface area contributed by atoms with E-state index in [-0.39, 0.29) is 36.4 Å². The molecule has 0 aliphatic carbocycles. The maximum absolute atomic E-state index is 11.0. The van der Waals surface area contributed by atoms with Crippen molar-refractivity contribution in [3.8, 4) is 5.75 Å². The molecule has 0 amide bonds. The zero-order valence-electron chi connectivity index (χ0n) is 15.3. The summed E-state index contributed by atoms with van der Waals surface area (Å²) in [6, 6.07) is -0.591. The highest BCUT2D eigenvalue weighted by atomic mass is 31.2. The molecule has 29 heavy (non-hydrogen) atoms. The Kier molecular flexibility index (Phi) is 8.06. The van der Waals surface area contributed by atoms with Gasteiger partial charge in [0.05, 0.1) is 25.2 Å². The van der Waals surface area contributed by atoms with Gasteiger partial charge in [-0.3, -0.25) is 14.0 Å². The Balaban J connectivity index is 2.16. The number of aryl methyl sites for hydroxylation is 1. The van der Waals surface area contributed by atoms with Crippen molar-refractivity contribution in [2.75, 3.05) is 6.61 Å². The molecule has 2 aromatic heterocycles. The molecule has 0 saturated heterocycles. The molecule has 2 aromatic rings. The fourth-order valence-electron chi connectivity index (χ4n) is 2.44. The fraction of sp³-hybridized carbons (Fsp3) is 0.429. The van der Waals surface area contributed by atoms with Gasteiger partial charge < -0.3 is 35.0 Å². The van der Waals surface area contributed by atoms with Crippen LogP contribution in [0.4, 0.5) is 0 Å². The quantitative estimate of drug-likeness (QED) is 0.229. The normalized spacial score (nSPS) is 13.6. The minimum Gasteiger partial charge on any atom is -0.506 e. The number of pyridine rings is 1. The van der Waals surface area contributed by atoms with Crippen LogP contribution in [0, 0.1) is 6.92 Å². The first-order chi connectivity index (χ1) is 13.4. The number of phosphoric ester groups is 2. The minimum atomic E-state index is -4.73. The molecular formula is C14H22N4O9P2. The second-order valence-electron chi connectivity index (χ2n) is 6.11.